The van der Waals surface area contributed by atoms with E-state index in [-0.39, 0.29) is 26.2 Å². The Morgan fingerprint density at radius 3 is 1.25 bits per heavy atom. The molecule has 0 saturated carbocycles. The van der Waals surface area contributed by atoms with E-state index in [2.05, 4.69) is 159 Å². The van der Waals surface area contributed by atoms with Gasteiger partial charge in [0.1, 0.15) is 0 Å². The van der Waals surface area contributed by atoms with Crippen LogP contribution in [0, 0.1) is 0 Å². The van der Waals surface area contributed by atoms with E-state index in [9.17, 15) is 0 Å². The second-order valence-corrected chi connectivity index (χ2v) is 13.4. The van der Waals surface area contributed by atoms with Crippen molar-refractivity contribution in [1.82, 2.24) is 9.97 Å². The molecule has 51 heavy (non-hydrogen) atoms. The first-order valence-corrected chi connectivity index (χ1v) is 17.9. The van der Waals surface area contributed by atoms with Gasteiger partial charge in [-0.1, -0.05) is 136 Å². The first-order valence-electron chi connectivity index (χ1n) is 17.9. The average molecular weight is 740 g/mol. The van der Waals surface area contributed by atoms with Crippen molar-refractivity contribution in [3.05, 3.63) is 169 Å². The zero-order valence-electron chi connectivity index (χ0n) is 30.0. The molecule has 6 aromatic carbocycles. The quantitative estimate of drug-likeness (QED) is 0.145. The fourth-order valence-electron chi connectivity index (χ4n) is 6.79. The number of aromatic nitrogens is 2. The SMILES string of the molecule is CCC(C)c1ccc(-c2cccc3[cH-]c(-c4ccccn4)cc23)cc1.CCC(C)c1ccc(-c2cccc3[cH-]c(-c4ccccn4)cc23)cc1.[Zr+2]. The third-order valence-electron chi connectivity index (χ3n) is 10.2. The first kappa shape index (κ1) is 36.1. The van der Waals surface area contributed by atoms with Crippen LogP contribution in [0.1, 0.15) is 63.5 Å². The van der Waals surface area contributed by atoms with Crippen LogP contribution in [0.3, 0.4) is 0 Å². The maximum Gasteiger partial charge on any atom is 2.00 e. The maximum absolute atomic E-state index is 4.49. The van der Waals surface area contributed by atoms with Gasteiger partial charge in [0.25, 0.3) is 0 Å². The summed E-state index contributed by atoms with van der Waals surface area (Å²) in [5.74, 6) is 1.22. The zero-order valence-corrected chi connectivity index (χ0v) is 32.4. The molecule has 0 spiro atoms. The molecule has 8 aromatic rings. The summed E-state index contributed by atoms with van der Waals surface area (Å²) < 4.78 is 0. The van der Waals surface area contributed by atoms with Crippen LogP contribution in [0.2, 0.25) is 0 Å². The molecule has 0 amide bonds. The zero-order chi connectivity index (χ0) is 34.5. The summed E-state index contributed by atoms with van der Waals surface area (Å²) >= 11 is 0. The van der Waals surface area contributed by atoms with Gasteiger partial charge in [-0.05, 0) is 59.1 Å². The molecule has 0 saturated heterocycles. The van der Waals surface area contributed by atoms with Crippen LogP contribution in [-0.4, -0.2) is 9.97 Å². The first-order chi connectivity index (χ1) is 24.5. The normalized spacial score (nSPS) is 12.2. The minimum Gasteiger partial charge on any atom is -0.295 e. The fraction of sp³-hybridized carbons (Fsp3) is 0.167. The number of fused-ring (bicyclic) bond motifs is 2. The van der Waals surface area contributed by atoms with Crippen LogP contribution in [0.25, 0.3) is 66.3 Å². The molecule has 0 N–H and O–H groups in total. The summed E-state index contributed by atoms with van der Waals surface area (Å²) in [4.78, 5) is 8.97. The summed E-state index contributed by atoms with van der Waals surface area (Å²) in [6.07, 6.45) is 6.04. The predicted molar refractivity (Wildman–Crippen MR) is 214 cm³/mol. The van der Waals surface area contributed by atoms with Crippen LogP contribution in [0.15, 0.2) is 158 Å². The van der Waals surface area contributed by atoms with Gasteiger partial charge < -0.3 is 0 Å². The van der Waals surface area contributed by atoms with Gasteiger partial charge in [0.2, 0.25) is 0 Å². The molecule has 2 atom stereocenters. The third-order valence-corrected chi connectivity index (χ3v) is 10.2. The van der Waals surface area contributed by atoms with Gasteiger partial charge in [-0.2, -0.15) is 0 Å². The molecule has 3 heteroatoms. The van der Waals surface area contributed by atoms with Crippen LogP contribution in [0.5, 0.6) is 0 Å². The van der Waals surface area contributed by atoms with Crippen LogP contribution in [-0.2, 0) is 26.2 Å². The van der Waals surface area contributed by atoms with Crippen molar-refractivity contribution in [1.29, 1.82) is 0 Å². The van der Waals surface area contributed by atoms with Gasteiger partial charge in [0, 0.05) is 23.8 Å². The molecule has 8 rings (SSSR count). The molecule has 2 nitrogen and oxygen atoms in total. The Kier molecular flexibility index (Phi) is 11.7. The number of pyridine rings is 2. The summed E-state index contributed by atoms with van der Waals surface area (Å²) in [6, 6.07) is 52.2. The van der Waals surface area contributed by atoms with Crippen molar-refractivity contribution >= 4 is 21.5 Å². The second-order valence-electron chi connectivity index (χ2n) is 13.4. The molecule has 2 aromatic heterocycles. The average Bonchev–Trinajstić information content (AvgIpc) is 3.84. The van der Waals surface area contributed by atoms with Gasteiger partial charge >= 0.3 is 26.2 Å². The fourth-order valence-corrected chi connectivity index (χ4v) is 6.79. The van der Waals surface area contributed by atoms with E-state index in [1.807, 2.05) is 36.7 Å². The standard InChI is InChI=1S/2C24H22N.Zr/c2*1-3-17(2)18-10-12-19(13-11-18)22-8-6-7-20-15-21(16-23(20)22)24-9-4-5-14-25-24;/h2*4-17H,3H2,1-2H3;/q2*-1;+2. The van der Waals surface area contributed by atoms with E-state index < -0.39 is 0 Å². The van der Waals surface area contributed by atoms with Crippen molar-refractivity contribution in [3.8, 4) is 44.8 Å². The molecule has 0 aliphatic heterocycles. The van der Waals surface area contributed by atoms with Crippen LogP contribution >= 0.6 is 0 Å². The molecular weight excluding hydrogens is 696 g/mol. The molecular formula is C48H44N2Zr. The largest absolute Gasteiger partial charge is 2.00 e. The Hall–Kier alpha value is -4.72. The Labute approximate surface area is 322 Å². The van der Waals surface area contributed by atoms with E-state index in [4.69, 9.17) is 0 Å². The van der Waals surface area contributed by atoms with E-state index >= 15 is 0 Å². The summed E-state index contributed by atoms with van der Waals surface area (Å²) in [5, 5.41) is 5.12. The number of hydrogen-bond acceptors (Lipinski definition) is 2. The second kappa shape index (κ2) is 16.5. The van der Waals surface area contributed by atoms with Gasteiger partial charge in [-0.15, -0.1) is 69.1 Å². The number of rotatable bonds is 8. The Morgan fingerprint density at radius 2 is 0.902 bits per heavy atom. The number of hydrogen-bond donors (Lipinski definition) is 0. The molecule has 0 bridgehead atoms. The summed E-state index contributed by atoms with van der Waals surface area (Å²) in [6.45, 7) is 9.04. The molecule has 2 unspecified atom stereocenters. The van der Waals surface area contributed by atoms with Crippen molar-refractivity contribution < 1.29 is 26.2 Å². The van der Waals surface area contributed by atoms with Crippen LogP contribution < -0.4 is 0 Å². The van der Waals surface area contributed by atoms with E-state index in [1.165, 1.54) is 78.9 Å². The van der Waals surface area contributed by atoms with Crippen molar-refractivity contribution in [3.63, 3.8) is 0 Å². The maximum atomic E-state index is 4.49. The van der Waals surface area contributed by atoms with Gasteiger partial charge in [-0.25, -0.2) is 0 Å². The van der Waals surface area contributed by atoms with Gasteiger partial charge in [0.05, 0.1) is 0 Å². The van der Waals surface area contributed by atoms with Crippen molar-refractivity contribution in [2.75, 3.05) is 0 Å². The minimum absolute atomic E-state index is 0. The summed E-state index contributed by atoms with van der Waals surface area (Å²) in [7, 11) is 0. The Balaban J connectivity index is 0.000000172. The van der Waals surface area contributed by atoms with Crippen molar-refractivity contribution in [2.24, 2.45) is 0 Å². The van der Waals surface area contributed by atoms with E-state index in [0.717, 1.165) is 11.4 Å². The predicted octanol–water partition coefficient (Wildman–Crippen LogP) is 13.6. The third kappa shape index (κ3) is 7.95. The molecule has 0 aliphatic carbocycles. The summed E-state index contributed by atoms with van der Waals surface area (Å²) in [5.41, 5.74) is 12.4. The molecule has 0 radical (unpaired) electrons. The Bertz CT molecular complexity index is 2130. The monoisotopic (exact) mass is 738 g/mol. The smallest absolute Gasteiger partial charge is 0.295 e. The molecule has 0 aliphatic rings. The van der Waals surface area contributed by atoms with Gasteiger partial charge in [-0.3, -0.25) is 9.97 Å². The number of nitrogens with zero attached hydrogens (tertiary/aromatic N) is 2. The van der Waals surface area contributed by atoms with E-state index in [1.54, 1.807) is 0 Å². The Morgan fingerprint density at radius 1 is 0.490 bits per heavy atom. The molecule has 250 valence electrons. The molecule has 0 fully saturated rings. The minimum atomic E-state index is 0. The van der Waals surface area contributed by atoms with Crippen molar-refractivity contribution in [2.45, 2.75) is 52.4 Å². The topological polar surface area (TPSA) is 25.8 Å². The van der Waals surface area contributed by atoms with Gasteiger partial charge in [0.15, 0.2) is 0 Å². The van der Waals surface area contributed by atoms with Crippen LogP contribution in [0.4, 0.5) is 0 Å². The van der Waals surface area contributed by atoms with E-state index in [0.29, 0.717) is 11.8 Å². The molecule has 2 heterocycles. The number of benzene rings is 4.